The number of esters is 1. The van der Waals surface area contributed by atoms with Gasteiger partial charge in [-0.2, -0.15) is 0 Å². The highest BCUT2D eigenvalue weighted by Gasteiger charge is 2.17. The molecule has 0 unspecified atom stereocenters. The van der Waals surface area contributed by atoms with Gasteiger partial charge in [-0.25, -0.2) is 4.79 Å². The molecule has 0 aliphatic carbocycles. The van der Waals surface area contributed by atoms with E-state index in [0.29, 0.717) is 11.3 Å². The highest BCUT2D eigenvalue weighted by molar-refractivity contribution is 5.98. The number of carbonyl (C=O) groups is 1. The van der Waals surface area contributed by atoms with Gasteiger partial charge in [-0.1, -0.05) is 26.8 Å². The fourth-order valence-electron chi connectivity index (χ4n) is 1.47. The number of benzene rings is 1. The topological polar surface area (TPSA) is 64.3 Å². The Morgan fingerprint density at radius 1 is 1.44 bits per heavy atom. The monoisotopic (exact) mass is 250 g/mol. The first kappa shape index (κ1) is 14.4. The second-order valence-electron chi connectivity index (χ2n) is 5.13. The summed E-state index contributed by atoms with van der Waals surface area (Å²) in [6.45, 7) is 7.31. The largest absolute Gasteiger partial charge is 0.465 e. The molecule has 0 amide bonds. The van der Waals surface area contributed by atoms with E-state index in [1.807, 2.05) is 6.07 Å². The van der Waals surface area contributed by atoms with Crippen molar-refractivity contribution in [3.8, 4) is 0 Å². The van der Waals surface area contributed by atoms with Crippen LogP contribution in [0.4, 0.5) is 11.4 Å². The van der Waals surface area contributed by atoms with Gasteiger partial charge in [0.2, 0.25) is 0 Å². The van der Waals surface area contributed by atoms with Gasteiger partial charge in [-0.05, 0) is 24.0 Å². The second-order valence-corrected chi connectivity index (χ2v) is 5.13. The summed E-state index contributed by atoms with van der Waals surface area (Å²) in [6, 6.07) is 5.33. The molecule has 0 radical (unpaired) electrons. The van der Waals surface area contributed by atoms with Crippen LogP contribution < -0.4 is 11.1 Å². The second kappa shape index (κ2) is 5.76. The SMILES string of the molecule is CCC(C)(C)CNc1cccc(C(=O)OC)c1N. The number of nitrogens with two attached hydrogens (primary N) is 1. The first-order chi connectivity index (χ1) is 8.41. The van der Waals surface area contributed by atoms with Crippen molar-refractivity contribution in [1.29, 1.82) is 0 Å². The maximum absolute atomic E-state index is 11.5. The molecule has 4 nitrogen and oxygen atoms in total. The van der Waals surface area contributed by atoms with Gasteiger partial charge >= 0.3 is 5.97 Å². The summed E-state index contributed by atoms with van der Waals surface area (Å²) < 4.78 is 4.69. The summed E-state index contributed by atoms with van der Waals surface area (Å²) in [5.74, 6) is -0.411. The van der Waals surface area contributed by atoms with Gasteiger partial charge in [-0.3, -0.25) is 0 Å². The highest BCUT2D eigenvalue weighted by Crippen LogP contribution is 2.26. The van der Waals surface area contributed by atoms with Crippen molar-refractivity contribution in [2.75, 3.05) is 24.7 Å². The van der Waals surface area contributed by atoms with Crippen LogP contribution in [-0.4, -0.2) is 19.6 Å². The average molecular weight is 250 g/mol. The number of hydrogen-bond donors (Lipinski definition) is 2. The molecule has 0 aliphatic rings. The molecule has 0 fully saturated rings. The number of nitrogens with one attached hydrogen (secondary N) is 1. The van der Waals surface area contributed by atoms with Gasteiger partial charge in [0.15, 0.2) is 0 Å². The highest BCUT2D eigenvalue weighted by atomic mass is 16.5. The van der Waals surface area contributed by atoms with Crippen LogP contribution >= 0.6 is 0 Å². The van der Waals surface area contributed by atoms with Gasteiger partial charge in [0.05, 0.1) is 24.0 Å². The molecule has 1 aromatic carbocycles. The van der Waals surface area contributed by atoms with E-state index in [2.05, 4.69) is 26.1 Å². The maximum Gasteiger partial charge on any atom is 0.340 e. The molecule has 0 saturated heterocycles. The number of rotatable bonds is 5. The third-order valence-corrected chi connectivity index (χ3v) is 3.23. The third-order valence-electron chi connectivity index (χ3n) is 3.23. The van der Waals surface area contributed by atoms with Crippen molar-refractivity contribution < 1.29 is 9.53 Å². The number of ether oxygens (including phenoxy) is 1. The molecule has 1 rings (SSSR count). The Kier molecular flexibility index (Phi) is 4.59. The van der Waals surface area contributed by atoms with Gasteiger partial charge in [0.25, 0.3) is 0 Å². The van der Waals surface area contributed by atoms with E-state index in [-0.39, 0.29) is 5.41 Å². The summed E-state index contributed by atoms with van der Waals surface area (Å²) in [5.41, 5.74) is 7.77. The molecular weight excluding hydrogens is 228 g/mol. The van der Waals surface area contributed by atoms with E-state index in [1.165, 1.54) is 7.11 Å². The number of nitrogen functional groups attached to an aromatic ring is 1. The lowest BCUT2D eigenvalue weighted by molar-refractivity contribution is 0.0602. The van der Waals surface area contributed by atoms with Crippen molar-refractivity contribution in [3.05, 3.63) is 23.8 Å². The Hall–Kier alpha value is -1.71. The van der Waals surface area contributed by atoms with E-state index in [9.17, 15) is 4.79 Å². The molecule has 0 heterocycles. The number of anilines is 2. The molecule has 1 aromatic rings. The van der Waals surface area contributed by atoms with Gasteiger partial charge in [0, 0.05) is 6.54 Å². The molecule has 0 spiro atoms. The minimum Gasteiger partial charge on any atom is -0.465 e. The summed E-state index contributed by atoms with van der Waals surface area (Å²) in [6.07, 6.45) is 1.07. The lowest BCUT2D eigenvalue weighted by atomic mass is 9.90. The molecule has 18 heavy (non-hydrogen) atoms. The molecule has 0 saturated carbocycles. The predicted octanol–water partition coefficient (Wildman–Crippen LogP) is 2.90. The van der Waals surface area contributed by atoms with Crippen molar-refractivity contribution in [1.82, 2.24) is 0 Å². The van der Waals surface area contributed by atoms with Gasteiger partial charge < -0.3 is 15.8 Å². The first-order valence-electron chi connectivity index (χ1n) is 6.12. The van der Waals surface area contributed by atoms with Gasteiger partial charge in [0.1, 0.15) is 0 Å². The van der Waals surface area contributed by atoms with Crippen LogP contribution in [0.15, 0.2) is 18.2 Å². The van der Waals surface area contributed by atoms with Crippen LogP contribution in [0.5, 0.6) is 0 Å². The number of para-hydroxylation sites is 1. The third kappa shape index (κ3) is 3.39. The Labute approximate surface area is 109 Å². The van der Waals surface area contributed by atoms with E-state index in [1.54, 1.807) is 12.1 Å². The van der Waals surface area contributed by atoms with Crippen LogP contribution in [0.3, 0.4) is 0 Å². The smallest absolute Gasteiger partial charge is 0.340 e. The number of methoxy groups -OCH3 is 1. The van der Waals surface area contributed by atoms with Crippen LogP contribution in [0, 0.1) is 5.41 Å². The molecular formula is C14H22N2O2. The lowest BCUT2D eigenvalue weighted by Crippen LogP contribution is -2.22. The standard InChI is InChI=1S/C14H22N2O2/c1-5-14(2,3)9-16-11-8-6-7-10(12(11)15)13(17)18-4/h6-8,16H,5,9,15H2,1-4H3. The van der Waals surface area contributed by atoms with Crippen molar-refractivity contribution >= 4 is 17.3 Å². The molecule has 0 bridgehead atoms. The molecule has 0 aromatic heterocycles. The van der Waals surface area contributed by atoms with E-state index >= 15 is 0 Å². The Morgan fingerprint density at radius 3 is 2.67 bits per heavy atom. The number of hydrogen-bond acceptors (Lipinski definition) is 4. The minimum absolute atomic E-state index is 0.188. The summed E-state index contributed by atoms with van der Waals surface area (Å²) in [4.78, 5) is 11.5. The average Bonchev–Trinajstić information content (AvgIpc) is 2.36. The first-order valence-corrected chi connectivity index (χ1v) is 6.12. The Bertz CT molecular complexity index is 428. The lowest BCUT2D eigenvalue weighted by Gasteiger charge is -2.24. The summed E-state index contributed by atoms with van der Waals surface area (Å²) >= 11 is 0. The summed E-state index contributed by atoms with van der Waals surface area (Å²) in [7, 11) is 1.35. The van der Waals surface area contributed by atoms with Crippen molar-refractivity contribution in [2.45, 2.75) is 27.2 Å². The molecule has 100 valence electrons. The van der Waals surface area contributed by atoms with E-state index in [4.69, 9.17) is 10.5 Å². The van der Waals surface area contributed by atoms with E-state index in [0.717, 1.165) is 18.7 Å². The normalized spacial score (nSPS) is 11.1. The zero-order valence-corrected chi connectivity index (χ0v) is 11.5. The molecule has 3 N–H and O–H groups in total. The molecule has 4 heteroatoms. The minimum atomic E-state index is -0.411. The number of carbonyl (C=O) groups excluding carboxylic acids is 1. The molecule has 0 atom stereocenters. The van der Waals surface area contributed by atoms with Crippen LogP contribution in [0.2, 0.25) is 0 Å². The quantitative estimate of drug-likeness (QED) is 0.623. The van der Waals surface area contributed by atoms with Crippen molar-refractivity contribution in [3.63, 3.8) is 0 Å². The van der Waals surface area contributed by atoms with Gasteiger partial charge in [-0.15, -0.1) is 0 Å². The predicted molar refractivity (Wildman–Crippen MR) is 74.8 cm³/mol. The maximum atomic E-state index is 11.5. The van der Waals surface area contributed by atoms with Crippen LogP contribution in [-0.2, 0) is 4.74 Å². The zero-order valence-electron chi connectivity index (χ0n) is 11.5. The van der Waals surface area contributed by atoms with Crippen LogP contribution in [0.25, 0.3) is 0 Å². The zero-order chi connectivity index (χ0) is 13.8. The van der Waals surface area contributed by atoms with Crippen LogP contribution in [0.1, 0.15) is 37.6 Å². The molecule has 0 aliphatic heterocycles. The fourth-order valence-corrected chi connectivity index (χ4v) is 1.47. The summed E-state index contributed by atoms with van der Waals surface area (Å²) in [5, 5.41) is 3.29. The Morgan fingerprint density at radius 2 is 2.11 bits per heavy atom. The van der Waals surface area contributed by atoms with Crippen molar-refractivity contribution in [2.24, 2.45) is 5.41 Å². The fraction of sp³-hybridized carbons (Fsp3) is 0.500. The Balaban J connectivity index is 2.88. The van der Waals surface area contributed by atoms with E-state index < -0.39 is 5.97 Å².